The summed E-state index contributed by atoms with van der Waals surface area (Å²) in [5.74, 6) is 0. The largest absolute Gasteiger partial charge is 0.288 e. The Balaban J connectivity index is 0.000000322. The van der Waals surface area contributed by atoms with Crippen LogP contribution in [0.4, 0.5) is 0 Å². The molecular formula is C12H19N. The molecule has 0 saturated carbocycles. The van der Waals surface area contributed by atoms with Gasteiger partial charge in [0.1, 0.15) is 0 Å². The smallest absolute Gasteiger partial charge is 0.0646 e. The fourth-order valence-electron chi connectivity index (χ4n) is 1.05. The Labute approximate surface area is 81.5 Å². The van der Waals surface area contributed by atoms with Gasteiger partial charge >= 0.3 is 0 Å². The van der Waals surface area contributed by atoms with Gasteiger partial charge in [-0.3, -0.25) is 4.99 Å². The van der Waals surface area contributed by atoms with Gasteiger partial charge in [-0.1, -0.05) is 52.0 Å². The van der Waals surface area contributed by atoms with Gasteiger partial charge in [-0.25, -0.2) is 0 Å². The summed E-state index contributed by atoms with van der Waals surface area (Å²) in [7, 11) is 0. The molecule has 13 heavy (non-hydrogen) atoms. The maximum Gasteiger partial charge on any atom is 0.0646 e. The van der Waals surface area contributed by atoms with Crippen molar-refractivity contribution in [2.24, 2.45) is 4.99 Å². The number of benzene rings is 1. The Morgan fingerprint density at radius 2 is 1.62 bits per heavy atom. The van der Waals surface area contributed by atoms with Crippen LogP contribution in [-0.2, 0) is 6.54 Å². The summed E-state index contributed by atoms with van der Waals surface area (Å²) in [6.07, 6.45) is 1.93. The van der Waals surface area contributed by atoms with Crippen LogP contribution < -0.4 is 0 Å². The Kier molecular flexibility index (Phi) is 6.89. The van der Waals surface area contributed by atoms with Crippen LogP contribution in [0.15, 0.2) is 29.3 Å². The second-order valence-electron chi connectivity index (χ2n) is 2.17. The van der Waals surface area contributed by atoms with Gasteiger partial charge in [0.15, 0.2) is 0 Å². The normalized spacial score (nSPS) is 10.5. The fraction of sp³-hybridized carbons (Fsp3) is 0.417. The molecule has 1 heteroatoms. The molecule has 0 unspecified atom stereocenters. The maximum atomic E-state index is 4.13. The van der Waals surface area contributed by atoms with Gasteiger partial charge in [0.25, 0.3) is 0 Å². The maximum absolute atomic E-state index is 4.13. The molecule has 0 radical (unpaired) electrons. The first-order valence-corrected chi connectivity index (χ1v) is 5.04. The molecule has 1 aromatic rings. The summed E-state index contributed by atoms with van der Waals surface area (Å²) >= 11 is 0. The van der Waals surface area contributed by atoms with Gasteiger partial charge in [0.2, 0.25) is 0 Å². The first kappa shape index (κ1) is 11.9. The van der Waals surface area contributed by atoms with E-state index in [0.29, 0.717) is 0 Å². The third kappa shape index (κ3) is 3.41. The van der Waals surface area contributed by atoms with Gasteiger partial charge in [-0.15, -0.1) is 0 Å². The van der Waals surface area contributed by atoms with Crippen LogP contribution in [0.1, 0.15) is 38.8 Å². The average molecular weight is 177 g/mol. The van der Waals surface area contributed by atoms with E-state index in [4.69, 9.17) is 0 Å². The predicted molar refractivity (Wildman–Crippen MR) is 60.4 cm³/mol. The minimum Gasteiger partial charge on any atom is -0.288 e. The molecule has 72 valence electrons. The van der Waals surface area contributed by atoms with Crippen LogP contribution >= 0.6 is 0 Å². The number of hydrogen-bond acceptors (Lipinski definition) is 1. The van der Waals surface area contributed by atoms with Crippen molar-refractivity contribution < 1.29 is 0 Å². The Morgan fingerprint density at radius 3 is 2.23 bits per heavy atom. The van der Waals surface area contributed by atoms with Crippen LogP contribution in [0.25, 0.3) is 0 Å². The molecule has 0 aromatic heterocycles. The highest BCUT2D eigenvalue weighted by Gasteiger charge is 2.01. The van der Waals surface area contributed by atoms with E-state index in [-0.39, 0.29) is 0 Å². The average Bonchev–Trinajstić information content (AvgIpc) is 2.71. The number of nitrogens with zero attached hydrogens (tertiary/aromatic N) is 1. The molecule has 1 aliphatic rings. The lowest BCUT2D eigenvalue weighted by molar-refractivity contribution is 1.11. The van der Waals surface area contributed by atoms with Crippen LogP contribution in [0.2, 0.25) is 0 Å². The zero-order valence-corrected chi connectivity index (χ0v) is 9.04. The Morgan fingerprint density at radius 1 is 1.00 bits per heavy atom. The van der Waals surface area contributed by atoms with E-state index in [2.05, 4.69) is 17.1 Å². The molecule has 1 aromatic carbocycles. The molecule has 0 amide bonds. The molecular weight excluding hydrogens is 158 g/mol. The molecule has 0 N–H and O–H groups in total. The molecule has 2 rings (SSSR count). The van der Waals surface area contributed by atoms with Crippen LogP contribution in [0, 0.1) is 0 Å². The number of aliphatic imine (C=N–C) groups is 1. The second kappa shape index (κ2) is 7.53. The number of fused-ring (bicyclic) bond motifs is 1. The molecule has 0 fully saturated rings. The summed E-state index contributed by atoms with van der Waals surface area (Å²) < 4.78 is 0. The van der Waals surface area contributed by atoms with Crippen molar-refractivity contribution in [2.75, 3.05) is 0 Å². The van der Waals surface area contributed by atoms with Crippen LogP contribution in [-0.4, -0.2) is 6.21 Å². The molecule has 0 atom stereocenters. The molecule has 1 nitrogen and oxygen atoms in total. The minimum absolute atomic E-state index is 0.871. The van der Waals surface area contributed by atoms with E-state index in [1.54, 1.807) is 0 Å². The molecule has 0 bridgehead atoms. The van der Waals surface area contributed by atoms with Crippen molar-refractivity contribution in [3.05, 3.63) is 35.4 Å². The molecule has 1 aliphatic heterocycles. The lowest BCUT2D eigenvalue weighted by Gasteiger charge is -1.91. The molecule has 0 spiro atoms. The topological polar surface area (TPSA) is 12.4 Å². The van der Waals surface area contributed by atoms with E-state index in [9.17, 15) is 0 Å². The minimum atomic E-state index is 0.871. The SMILES string of the molecule is C1=NCc2ccccc21.CC.CC. The Hall–Kier alpha value is -1.11. The molecule has 0 aliphatic carbocycles. The molecule has 0 saturated heterocycles. The monoisotopic (exact) mass is 177 g/mol. The summed E-state index contributed by atoms with van der Waals surface area (Å²) in [5.41, 5.74) is 2.62. The third-order valence-electron chi connectivity index (χ3n) is 1.55. The van der Waals surface area contributed by atoms with Crippen molar-refractivity contribution in [1.82, 2.24) is 0 Å². The van der Waals surface area contributed by atoms with E-state index < -0.39 is 0 Å². The van der Waals surface area contributed by atoms with Gasteiger partial charge in [-0.2, -0.15) is 0 Å². The highest BCUT2D eigenvalue weighted by Crippen LogP contribution is 2.12. The van der Waals surface area contributed by atoms with Gasteiger partial charge < -0.3 is 0 Å². The first-order chi connectivity index (χ1) is 6.47. The van der Waals surface area contributed by atoms with E-state index in [0.717, 1.165) is 6.54 Å². The lowest BCUT2D eigenvalue weighted by atomic mass is 10.1. The van der Waals surface area contributed by atoms with Crippen molar-refractivity contribution >= 4 is 6.21 Å². The highest BCUT2D eigenvalue weighted by molar-refractivity contribution is 5.84. The van der Waals surface area contributed by atoms with Gasteiger partial charge in [-0.05, 0) is 11.1 Å². The van der Waals surface area contributed by atoms with Crippen LogP contribution in [0.3, 0.4) is 0 Å². The van der Waals surface area contributed by atoms with Crippen molar-refractivity contribution in [3.8, 4) is 0 Å². The predicted octanol–water partition coefficient (Wildman–Crippen LogP) is 3.67. The zero-order chi connectivity index (χ0) is 10.1. The highest BCUT2D eigenvalue weighted by atomic mass is 14.7. The lowest BCUT2D eigenvalue weighted by Crippen LogP contribution is -1.79. The Bertz CT molecular complexity index is 251. The standard InChI is InChI=1S/C8H7N.2C2H6/c1-2-4-8-6-9-5-7(8)3-1;2*1-2/h1-5H,6H2;2*1-2H3. The number of rotatable bonds is 0. The van der Waals surface area contributed by atoms with Crippen molar-refractivity contribution in [1.29, 1.82) is 0 Å². The van der Waals surface area contributed by atoms with Gasteiger partial charge in [0, 0.05) is 6.21 Å². The van der Waals surface area contributed by atoms with E-state index in [1.165, 1.54) is 11.1 Å². The van der Waals surface area contributed by atoms with Crippen molar-refractivity contribution in [3.63, 3.8) is 0 Å². The van der Waals surface area contributed by atoms with E-state index in [1.807, 2.05) is 46.0 Å². The first-order valence-electron chi connectivity index (χ1n) is 5.04. The van der Waals surface area contributed by atoms with Crippen molar-refractivity contribution in [2.45, 2.75) is 34.2 Å². The van der Waals surface area contributed by atoms with E-state index >= 15 is 0 Å². The zero-order valence-electron chi connectivity index (χ0n) is 9.04. The summed E-state index contributed by atoms with van der Waals surface area (Å²) in [4.78, 5) is 4.13. The third-order valence-corrected chi connectivity index (χ3v) is 1.55. The summed E-state index contributed by atoms with van der Waals surface area (Å²) in [6.45, 7) is 8.87. The summed E-state index contributed by atoms with van der Waals surface area (Å²) in [5, 5.41) is 0. The summed E-state index contributed by atoms with van der Waals surface area (Å²) in [6, 6.07) is 8.29. The second-order valence-corrected chi connectivity index (χ2v) is 2.17. The quantitative estimate of drug-likeness (QED) is 0.573. The molecule has 1 heterocycles. The number of hydrogen-bond donors (Lipinski definition) is 0. The fourth-order valence-corrected chi connectivity index (χ4v) is 1.05. The van der Waals surface area contributed by atoms with Gasteiger partial charge in [0.05, 0.1) is 6.54 Å². The van der Waals surface area contributed by atoms with Crippen LogP contribution in [0.5, 0.6) is 0 Å².